The molecule has 9 heteroatoms. The molecule has 0 aliphatic carbocycles. The molecule has 0 aliphatic rings. The molecule has 0 radical (unpaired) electrons. The van der Waals surface area contributed by atoms with E-state index in [1.807, 2.05) is 6.07 Å². The first-order valence-electron chi connectivity index (χ1n) is 10.4. The number of anilines is 1. The lowest BCUT2D eigenvalue weighted by Crippen LogP contribution is -2.35. The predicted octanol–water partition coefficient (Wildman–Crippen LogP) is 4.47. The van der Waals surface area contributed by atoms with Gasteiger partial charge in [-0.15, -0.1) is 0 Å². The smallest absolute Gasteiger partial charge is 0.257 e. The molecule has 2 N–H and O–H groups in total. The first-order valence-corrected chi connectivity index (χ1v) is 10.4. The molecule has 1 atom stereocenters. The van der Waals surface area contributed by atoms with Gasteiger partial charge in [0.25, 0.3) is 5.91 Å². The molecule has 0 fully saturated rings. The van der Waals surface area contributed by atoms with Crippen LogP contribution in [0.1, 0.15) is 45.8 Å². The van der Waals surface area contributed by atoms with Crippen LogP contribution in [0.5, 0.6) is 0 Å². The van der Waals surface area contributed by atoms with Crippen molar-refractivity contribution in [1.82, 2.24) is 19.9 Å². The molecule has 34 heavy (non-hydrogen) atoms. The largest absolute Gasteiger partial charge is 0.383 e. The Hall–Kier alpha value is -4.45. The van der Waals surface area contributed by atoms with E-state index in [1.165, 1.54) is 35.5 Å². The van der Waals surface area contributed by atoms with Crippen LogP contribution in [0.4, 0.5) is 14.6 Å². The fourth-order valence-corrected chi connectivity index (χ4v) is 3.63. The Morgan fingerprint density at radius 2 is 1.97 bits per heavy atom. The third kappa shape index (κ3) is 4.38. The van der Waals surface area contributed by atoms with Crippen LogP contribution < -0.4 is 5.73 Å². The number of rotatable bonds is 5. The Bertz CT molecular complexity index is 1430. The zero-order chi connectivity index (χ0) is 24.4. The highest BCUT2D eigenvalue weighted by atomic mass is 19.1. The van der Waals surface area contributed by atoms with Crippen molar-refractivity contribution in [3.8, 4) is 6.07 Å². The van der Waals surface area contributed by atoms with Crippen LogP contribution in [0.2, 0.25) is 0 Å². The van der Waals surface area contributed by atoms with Crippen molar-refractivity contribution in [2.75, 3.05) is 5.73 Å². The van der Waals surface area contributed by atoms with Gasteiger partial charge in [-0.1, -0.05) is 0 Å². The van der Waals surface area contributed by atoms with Gasteiger partial charge < -0.3 is 10.6 Å². The number of nitrogens with two attached hydrogens (primary N) is 1. The van der Waals surface area contributed by atoms with E-state index in [-0.39, 0.29) is 23.6 Å². The molecule has 1 aromatic carbocycles. The topological polar surface area (TPSA) is 109 Å². The molecular formula is C25H20F2N6O. The average molecular weight is 458 g/mol. The first kappa shape index (κ1) is 22.7. The summed E-state index contributed by atoms with van der Waals surface area (Å²) in [5, 5.41) is 9.56. The molecule has 1 amide bonds. The summed E-state index contributed by atoms with van der Waals surface area (Å²) in [4.78, 5) is 27.4. The fourth-order valence-electron chi connectivity index (χ4n) is 3.63. The van der Waals surface area contributed by atoms with Crippen molar-refractivity contribution >= 4 is 22.6 Å². The molecule has 0 bridgehead atoms. The minimum absolute atomic E-state index is 0.0379. The number of hydrogen-bond donors (Lipinski definition) is 1. The molecule has 0 aliphatic heterocycles. The third-order valence-electron chi connectivity index (χ3n) is 5.56. The van der Waals surface area contributed by atoms with Crippen LogP contribution in [-0.4, -0.2) is 25.8 Å². The van der Waals surface area contributed by atoms with Crippen molar-refractivity contribution < 1.29 is 13.6 Å². The SMILES string of the molecule is Cc1cc2cc(C(=O)N(Cc3ccc(C#N)cn3)C(C)c3ncccc3F)c(F)cc2nc1N. The highest BCUT2D eigenvalue weighted by Crippen LogP contribution is 2.28. The van der Waals surface area contributed by atoms with E-state index < -0.39 is 23.6 Å². The number of nitriles is 1. The predicted molar refractivity (Wildman–Crippen MR) is 122 cm³/mol. The molecule has 0 saturated carbocycles. The van der Waals surface area contributed by atoms with Gasteiger partial charge in [-0.05, 0) is 55.8 Å². The van der Waals surface area contributed by atoms with Crippen LogP contribution in [0.25, 0.3) is 10.9 Å². The molecule has 1 unspecified atom stereocenters. The van der Waals surface area contributed by atoms with E-state index in [0.29, 0.717) is 27.7 Å². The number of aryl methyl sites for hydroxylation is 1. The summed E-state index contributed by atoms with van der Waals surface area (Å²) >= 11 is 0. The summed E-state index contributed by atoms with van der Waals surface area (Å²) < 4.78 is 29.6. The maximum absolute atomic E-state index is 15.1. The van der Waals surface area contributed by atoms with Gasteiger partial charge in [0, 0.05) is 23.8 Å². The summed E-state index contributed by atoms with van der Waals surface area (Å²) in [5.74, 6) is -1.76. The number of pyridine rings is 3. The summed E-state index contributed by atoms with van der Waals surface area (Å²) in [6.45, 7) is 3.32. The van der Waals surface area contributed by atoms with Crippen molar-refractivity contribution in [1.29, 1.82) is 5.26 Å². The summed E-state index contributed by atoms with van der Waals surface area (Å²) in [6, 6.07) is 11.3. The van der Waals surface area contributed by atoms with E-state index in [4.69, 9.17) is 11.0 Å². The number of benzene rings is 1. The number of hydrogen-bond acceptors (Lipinski definition) is 6. The molecule has 3 aromatic heterocycles. The van der Waals surface area contributed by atoms with E-state index >= 15 is 4.39 Å². The minimum atomic E-state index is -0.840. The molecule has 0 saturated heterocycles. The van der Waals surface area contributed by atoms with E-state index in [1.54, 1.807) is 32.0 Å². The number of fused-ring (bicyclic) bond motifs is 1. The molecule has 4 rings (SSSR count). The van der Waals surface area contributed by atoms with Gasteiger partial charge in [0.1, 0.15) is 23.5 Å². The number of carbonyl (C=O) groups is 1. The summed E-state index contributed by atoms with van der Waals surface area (Å²) in [6.07, 6.45) is 2.80. The second-order valence-corrected chi connectivity index (χ2v) is 7.84. The third-order valence-corrected chi connectivity index (χ3v) is 5.56. The Labute approximate surface area is 194 Å². The molecule has 0 spiro atoms. The van der Waals surface area contributed by atoms with Gasteiger partial charge >= 0.3 is 0 Å². The van der Waals surface area contributed by atoms with E-state index in [0.717, 1.165) is 6.07 Å². The number of aromatic nitrogens is 3. The fraction of sp³-hybridized carbons (Fsp3) is 0.160. The number of halogens is 2. The molecule has 4 aromatic rings. The second-order valence-electron chi connectivity index (χ2n) is 7.84. The van der Waals surface area contributed by atoms with Gasteiger partial charge in [-0.3, -0.25) is 14.8 Å². The minimum Gasteiger partial charge on any atom is -0.383 e. The van der Waals surface area contributed by atoms with Gasteiger partial charge in [-0.2, -0.15) is 5.26 Å². The number of amides is 1. The average Bonchev–Trinajstić information content (AvgIpc) is 2.83. The van der Waals surface area contributed by atoms with Crippen molar-refractivity contribution in [3.05, 3.63) is 94.6 Å². The lowest BCUT2D eigenvalue weighted by molar-refractivity contribution is 0.0659. The normalized spacial score (nSPS) is 11.7. The molecular weight excluding hydrogens is 438 g/mol. The molecule has 7 nitrogen and oxygen atoms in total. The number of nitrogen functional groups attached to an aromatic ring is 1. The lowest BCUT2D eigenvalue weighted by Gasteiger charge is -2.29. The van der Waals surface area contributed by atoms with Crippen molar-refractivity contribution in [3.63, 3.8) is 0 Å². The van der Waals surface area contributed by atoms with E-state index in [9.17, 15) is 9.18 Å². The Balaban J connectivity index is 1.79. The van der Waals surface area contributed by atoms with Crippen molar-refractivity contribution in [2.45, 2.75) is 26.4 Å². The highest BCUT2D eigenvalue weighted by molar-refractivity contribution is 5.98. The maximum atomic E-state index is 15.1. The highest BCUT2D eigenvalue weighted by Gasteiger charge is 2.28. The van der Waals surface area contributed by atoms with Crippen LogP contribution in [0, 0.1) is 29.9 Å². The van der Waals surface area contributed by atoms with Gasteiger partial charge in [-0.25, -0.2) is 13.8 Å². The van der Waals surface area contributed by atoms with E-state index in [2.05, 4.69) is 15.0 Å². The Kier molecular flexibility index (Phi) is 6.15. The van der Waals surface area contributed by atoms with Crippen LogP contribution >= 0.6 is 0 Å². The van der Waals surface area contributed by atoms with Crippen LogP contribution in [0.3, 0.4) is 0 Å². The molecule has 3 heterocycles. The standard InChI is InChI=1S/C25H20F2N6O/c1-14-8-17-9-19(21(27)10-22(17)32-24(14)29)25(34)33(13-18-6-5-16(11-28)12-31-18)15(2)23-20(26)4-3-7-30-23/h3-10,12,15H,13H2,1-2H3,(H2,29,32). The van der Waals surface area contributed by atoms with Crippen LogP contribution in [0.15, 0.2) is 54.9 Å². The van der Waals surface area contributed by atoms with Gasteiger partial charge in [0.15, 0.2) is 0 Å². The monoisotopic (exact) mass is 458 g/mol. The second kappa shape index (κ2) is 9.19. The molecule has 170 valence electrons. The van der Waals surface area contributed by atoms with Gasteiger partial charge in [0.2, 0.25) is 0 Å². The van der Waals surface area contributed by atoms with Gasteiger partial charge in [0.05, 0.1) is 40.6 Å². The zero-order valence-corrected chi connectivity index (χ0v) is 18.5. The summed E-state index contributed by atoms with van der Waals surface area (Å²) in [7, 11) is 0. The Morgan fingerprint density at radius 1 is 1.18 bits per heavy atom. The van der Waals surface area contributed by atoms with Crippen LogP contribution in [-0.2, 0) is 6.54 Å². The first-order chi connectivity index (χ1) is 16.3. The number of nitrogens with zero attached hydrogens (tertiary/aromatic N) is 5. The van der Waals surface area contributed by atoms with Crippen molar-refractivity contribution in [2.24, 2.45) is 0 Å². The Morgan fingerprint density at radius 3 is 2.65 bits per heavy atom. The zero-order valence-electron chi connectivity index (χ0n) is 18.5. The quantitative estimate of drug-likeness (QED) is 0.473. The number of carbonyl (C=O) groups excluding carboxylic acids is 1. The summed E-state index contributed by atoms with van der Waals surface area (Å²) in [5.41, 5.74) is 7.48. The lowest BCUT2D eigenvalue weighted by atomic mass is 10.0. The maximum Gasteiger partial charge on any atom is 0.257 e.